The van der Waals surface area contributed by atoms with Gasteiger partial charge in [-0.2, -0.15) is 0 Å². The molecule has 1 N–H and O–H groups in total. The molecule has 0 saturated heterocycles. The quantitative estimate of drug-likeness (QED) is 0.781. The minimum absolute atomic E-state index is 0.436. The Balaban J connectivity index is 2.37. The summed E-state index contributed by atoms with van der Waals surface area (Å²) in [4.78, 5) is 14.9. The van der Waals surface area contributed by atoms with E-state index < -0.39 is 17.2 Å². The molecule has 1 aromatic rings. The summed E-state index contributed by atoms with van der Waals surface area (Å²) in [5.74, 6) is -1.29. The lowest BCUT2D eigenvalue weighted by Gasteiger charge is -2.36. The lowest BCUT2D eigenvalue weighted by atomic mass is 9.66. The first-order chi connectivity index (χ1) is 6.65. The van der Waals surface area contributed by atoms with Gasteiger partial charge in [0.1, 0.15) is 11.2 Å². The van der Waals surface area contributed by atoms with Crippen molar-refractivity contribution in [2.45, 2.75) is 24.7 Å². The Bertz CT molecular complexity index is 357. The molecule has 0 aliphatic heterocycles. The van der Waals surface area contributed by atoms with Crippen molar-refractivity contribution in [3.8, 4) is 0 Å². The van der Waals surface area contributed by atoms with E-state index in [1.54, 1.807) is 0 Å². The predicted molar refractivity (Wildman–Crippen MR) is 47.4 cm³/mol. The van der Waals surface area contributed by atoms with Gasteiger partial charge in [0.05, 0.1) is 11.9 Å². The molecule has 1 heterocycles. The smallest absolute Gasteiger partial charge is 0.315 e. The molecule has 0 radical (unpaired) electrons. The third kappa shape index (κ3) is 1.18. The fourth-order valence-corrected chi connectivity index (χ4v) is 1.77. The zero-order chi connectivity index (χ0) is 10.2. The van der Waals surface area contributed by atoms with Crippen LogP contribution < -0.4 is 0 Å². The van der Waals surface area contributed by atoms with Gasteiger partial charge in [-0.05, 0) is 25.0 Å². The summed E-state index contributed by atoms with van der Waals surface area (Å²) < 4.78 is 12.6. The van der Waals surface area contributed by atoms with Crippen molar-refractivity contribution < 1.29 is 14.3 Å². The average molecular weight is 195 g/mol. The minimum Gasteiger partial charge on any atom is -0.481 e. The molecular weight excluding hydrogens is 185 g/mol. The molecule has 0 atom stereocenters. The SMILES string of the molecule is O=C(O)C1(c2ccc(F)cn2)CCC1. The summed E-state index contributed by atoms with van der Waals surface area (Å²) in [6.07, 6.45) is 3.16. The Morgan fingerprint density at radius 3 is 2.57 bits per heavy atom. The summed E-state index contributed by atoms with van der Waals surface area (Å²) in [5, 5.41) is 9.07. The summed E-state index contributed by atoms with van der Waals surface area (Å²) in [7, 11) is 0. The number of hydrogen-bond acceptors (Lipinski definition) is 2. The number of rotatable bonds is 2. The molecule has 14 heavy (non-hydrogen) atoms. The second kappa shape index (κ2) is 3.04. The number of halogens is 1. The summed E-state index contributed by atoms with van der Waals surface area (Å²) >= 11 is 0. The molecular formula is C10H10FNO2. The number of carbonyl (C=O) groups is 1. The molecule has 0 spiro atoms. The van der Waals surface area contributed by atoms with E-state index in [2.05, 4.69) is 4.98 Å². The van der Waals surface area contributed by atoms with E-state index in [9.17, 15) is 9.18 Å². The fraction of sp³-hybridized carbons (Fsp3) is 0.400. The molecule has 74 valence electrons. The Morgan fingerprint density at radius 2 is 2.21 bits per heavy atom. The summed E-state index contributed by atoms with van der Waals surface area (Å²) in [5.41, 5.74) is -0.383. The Labute approximate surface area is 80.6 Å². The maximum absolute atomic E-state index is 12.6. The van der Waals surface area contributed by atoms with Crippen molar-refractivity contribution >= 4 is 5.97 Å². The predicted octanol–water partition coefficient (Wildman–Crippen LogP) is 1.73. The number of aromatic nitrogens is 1. The first-order valence-electron chi connectivity index (χ1n) is 4.50. The van der Waals surface area contributed by atoms with Crippen LogP contribution >= 0.6 is 0 Å². The molecule has 1 fully saturated rings. The van der Waals surface area contributed by atoms with E-state index in [-0.39, 0.29) is 0 Å². The van der Waals surface area contributed by atoms with E-state index >= 15 is 0 Å². The van der Waals surface area contributed by atoms with E-state index in [0.717, 1.165) is 12.6 Å². The molecule has 0 unspecified atom stereocenters. The lowest BCUT2D eigenvalue weighted by Crippen LogP contribution is -2.43. The molecule has 1 saturated carbocycles. The second-order valence-corrected chi connectivity index (χ2v) is 3.60. The van der Waals surface area contributed by atoms with Gasteiger partial charge < -0.3 is 5.11 Å². The van der Waals surface area contributed by atoms with Gasteiger partial charge in [-0.15, -0.1) is 0 Å². The van der Waals surface area contributed by atoms with Gasteiger partial charge in [0.15, 0.2) is 0 Å². The van der Waals surface area contributed by atoms with Crippen LogP contribution in [0.1, 0.15) is 25.0 Å². The number of pyridine rings is 1. The van der Waals surface area contributed by atoms with Crippen LogP contribution in [0.3, 0.4) is 0 Å². The van der Waals surface area contributed by atoms with Crippen molar-refractivity contribution in [3.05, 3.63) is 29.8 Å². The van der Waals surface area contributed by atoms with E-state index in [1.165, 1.54) is 12.1 Å². The third-order valence-electron chi connectivity index (χ3n) is 2.83. The zero-order valence-corrected chi connectivity index (χ0v) is 7.53. The zero-order valence-electron chi connectivity index (χ0n) is 7.53. The highest BCUT2D eigenvalue weighted by molar-refractivity contribution is 5.81. The van der Waals surface area contributed by atoms with E-state index in [0.29, 0.717) is 18.5 Å². The monoisotopic (exact) mass is 195 g/mol. The highest BCUT2D eigenvalue weighted by Gasteiger charge is 2.47. The topological polar surface area (TPSA) is 50.2 Å². The molecule has 0 bridgehead atoms. The standard InChI is InChI=1S/C10H10FNO2/c11-7-2-3-8(12-6-7)10(9(13)14)4-1-5-10/h2-3,6H,1,4-5H2,(H,13,14). The van der Waals surface area contributed by atoms with Gasteiger partial charge in [-0.3, -0.25) is 9.78 Å². The highest BCUT2D eigenvalue weighted by atomic mass is 19.1. The van der Waals surface area contributed by atoms with Crippen LogP contribution in [-0.2, 0) is 10.2 Å². The third-order valence-corrected chi connectivity index (χ3v) is 2.83. The molecule has 2 rings (SSSR count). The first-order valence-corrected chi connectivity index (χ1v) is 4.50. The van der Waals surface area contributed by atoms with Crippen molar-refractivity contribution in [2.24, 2.45) is 0 Å². The fourth-order valence-electron chi connectivity index (χ4n) is 1.77. The highest BCUT2D eigenvalue weighted by Crippen LogP contribution is 2.42. The number of nitrogens with zero attached hydrogens (tertiary/aromatic N) is 1. The Morgan fingerprint density at radius 1 is 1.50 bits per heavy atom. The number of carboxylic acid groups (broad SMARTS) is 1. The van der Waals surface area contributed by atoms with Crippen LogP contribution in [0.5, 0.6) is 0 Å². The molecule has 0 aromatic carbocycles. The van der Waals surface area contributed by atoms with E-state index in [1.807, 2.05) is 0 Å². The number of hydrogen-bond donors (Lipinski definition) is 1. The van der Waals surface area contributed by atoms with Crippen LogP contribution in [-0.4, -0.2) is 16.1 Å². The molecule has 4 heteroatoms. The lowest BCUT2D eigenvalue weighted by molar-refractivity contribution is -0.147. The summed E-state index contributed by atoms with van der Waals surface area (Å²) in [6.45, 7) is 0. The van der Waals surface area contributed by atoms with Crippen molar-refractivity contribution in [1.82, 2.24) is 4.98 Å². The Hall–Kier alpha value is -1.45. The first kappa shape index (κ1) is 9.12. The maximum atomic E-state index is 12.6. The van der Waals surface area contributed by atoms with Crippen LogP contribution in [0.25, 0.3) is 0 Å². The molecule has 0 amide bonds. The second-order valence-electron chi connectivity index (χ2n) is 3.60. The molecule has 1 aliphatic rings. The van der Waals surface area contributed by atoms with Gasteiger partial charge >= 0.3 is 5.97 Å². The van der Waals surface area contributed by atoms with Crippen molar-refractivity contribution in [1.29, 1.82) is 0 Å². The minimum atomic E-state index is -0.858. The van der Waals surface area contributed by atoms with Crippen LogP contribution in [0.4, 0.5) is 4.39 Å². The summed E-state index contributed by atoms with van der Waals surface area (Å²) in [6, 6.07) is 2.72. The Kier molecular flexibility index (Phi) is 1.98. The van der Waals surface area contributed by atoms with Crippen molar-refractivity contribution in [3.63, 3.8) is 0 Å². The van der Waals surface area contributed by atoms with Crippen LogP contribution in [0, 0.1) is 5.82 Å². The van der Waals surface area contributed by atoms with Gasteiger partial charge in [0, 0.05) is 0 Å². The van der Waals surface area contributed by atoms with Gasteiger partial charge in [-0.1, -0.05) is 6.42 Å². The van der Waals surface area contributed by atoms with Gasteiger partial charge in [0.2, 0.25) is 0 Å². The maximum Gasteiger partial charge on any atom is 0.315 e. The normalized spacial score (nSPS) is 18.6. The number of aliphatic carboxylic acids is 1. The van der Waals surface area contributed by atoms with Crippen molar-refractivity contribution in [2.75, 3.05) is 0 Å². The van der Waals surface area contributed by atoms with Crippen LogP contribution in [0.15, 0.2) is 18.3 Å². The largest absolute Gasteiger partial charge is 0.481 e. The van der Waals surface area contributed by atoms with Crippen LogP contribution in [0.2, 0.25) is 0 Å². The van der Waals surface area contributed by atoms with Gasteiger partial charge in [-0.25, -0.2) is 4.39 Å². The van der Waals surface area contributed by atoms with Gasteiger partial charge in [0.25, 0.3) is 0 Å². The van der Waals surface area contributed by atoms with E-state index in [4.69, 9.17) is 5.11 Å². The number of carboxylic acids is 1. The molecule has 3 nitrogen and oxygen atoms in total. The molecule has 1 aromatic heterocycles. The molecule has 1 aliphatic carbocycles. The average Bonchev–Trinajstić information content (AvgIpc) is 2.05.